The molecule has 0 spiro atoms. The van der Waals surface area contributed by atoms with Crippen LogP contribution in [0, 0.1) is 12.8 Å². The van der Waals surface area contributed by atoms with E-state index in [2.05, 4.69) is 19.1 Å². The highest BCUT2D eigenvalue weighted by Gasteiger charge is 2.32. The number of benzene rings is 1. The minimum atomic E-state index is 0. The number of nitrogens with zero attached hydrogens (tertiary/aromatic N) is 3. The summed E-state index contributed by atoms with van der Waals surface area (Å²) in [6.45, 7) is 5.71. The minimum absolute atomic E-state index is 0. The largest absolute Gasteiger partial charge is 0.337 e. The number of halogens is 1. The van der Waals surface area contributed by atoms with Crippen molar-refractivity contribution in [2.45, 2.75) is 52.0 Å². The Labute approximate surface area is 167 Å². The molecule has 0 saturated carbocycles. The number of hydrogen-bond acceptors (Lipinski definition) is 3. The molecule has 1 aromatic carbocycles. The number of carbonyl (C=O) groups is 1. The Hall–Kier alpha value is -1.85. The molecule has 0 bridgehead atoms. The topological polar surface area (TPSA) is 64.2 Å². The van der Waals surface area contributed by atoms with Crippen LogP contribution < -0.4 is 5.73 Å². The van der Waals surface area contributed by atoms with E-state index in [1.54, 1.807) is 0 Å². The molecular formula is C21H29ClN4O. The molecule has 2 atom stereocenters. The molecule has 2 N–H and O–H groups in total. The number of likely N-dealkylation sites (tertiary alicyclic amines) is 1. The zero-order chi connectivity index (χ0) is 18.3. The summed E-state index contributed by atoms with van der Waals surface area (Å²) < 4.78 is 2.01. The van der Waals surface area contributed by atoms with Gasteiger partial charge in [-0.15, -0.1) is 12.4 Å². The molecule has 2 heterocycles. The van der Waals surface area contributed by atoms with E-state index >= 15 is 0 Å². The highest BCUT2D eigenvalue weighted by molar-refractivity contribution is 5.94. The van der Waals surface area contributed by atoms with Crippen molar-refractivity contribution in [2.24, 2.45) is 11.7 Å². The lowest BCUT2D eigenvalue weighted by Gasteiger charge is -2.34. The Bertz CT molecular complexity index is 830. The van der Waals surface area contributed by atoms with Crippen LogP contribution >= 0.6 is 12.4 Å². The van der Waals surface area contributed by atoms with Crippen molar-refractivity contribution < 1.29 is 4.79 Å². The highest BCUT2D eigenvalue weighted by atomic mass is 35.5. The average Bonchev–Trinajstić information content (AvgIpc) is 3.24. The van der Waals surface area contributed by atoms with Gasteiger partial charge in [0.1, 0.15) is 0 Å². The van der Waals surface area contributed by atoms with E-state index in [4.69, 9.17) is 10.8 Å². The average molecular weight is 389 g/mol. The summed E-state index contributed by atoms with van der Waals surface area (Å²) in [6.07, 6.45) is 5.18. The fourth-order valence-electron chi connectivity index (χ4n) is 4.38. The number of hydrogen-bond donors (Lipinski definition) is 1. The number of para-hydroxylation sites is 1. The van der Waals surface area contributed by atoms with E-state index in [9.17, 15) is 4.79 Å². The molecule has 0 radical (unpaired) electrons. The molecule has 2 aliphatic rings. The first-order valence-corrected chi connectivity index (χ1v) is 9.78. The van der Waals surface area contributed by atoms with Gasteiger partial charge in [0.25, 0.3) is 5.91 Å². The molecule has 4 rings (SSSR count). The van der Waals surface area contributed by atoms with Crippen molar-refractivity contribution in [3.63, 3.8) is 0 Å². The Kier molecular flexibility index (Phi) is 5.92. The molecule has 1 aliphatic carbocycles. The van der Waals surface area contributed by atoms with Gasteiger partial charge in [-0.25, -0.2) is 4.68 Å². The van der Waals surface area contributed by atoms with Gasteiger partial charge in [0.15, 0.2) is 5.69 Å². The van der Waals surface area contributed by atoms with Gasteiger partial charge in [-0.05, 0) is 63.5 Å². The van der Waals surface area contributed by atoms with Crippen LogP contribution in [0.1, 0.15) is 53.5 Å². The van der Waals surface area contributed by atoms with Gasteiger partial charge in [0.05, 0.1) is 5.69 Å². The van der Waals surface area contributed by atoms with E-state index in [0.29, 0.717) is 11.6 Å². The predicted octanol–water partition coefficient (Wildman–Crippen LogP) is 3.29. The number of rotatable bonds is 3. The zero-order valence-electron chi connectivity index (χ0n) is 16.1. The fourth-order valence-corrected chi connectivity index (χ4v) is 4.38. The Morgan fingerprint density at radius 1 is 1.26 bits per heavy atom. The second kappa shape index (κ2) is 8.03. The zero-order valence-corrected chi connectivity index (χ0v) is 17.0. The number of fused-ring (bicyclic) bond motifs is 1. The van der Waals surface area contributed by atoms with Gasteiger partial charge in [0, 0.05) is 30.4 Å². The number of carbonyl (C=O) groups excluding carboxylic acids is 1. The van der Waals surface area contributed by atoms with Crippen LogP contribution in [0.15, 0.2) is 24.3 Å². The lowest BCUT2D eigenvalue weighted by molar-refractivity contribution is 0.0653. The normalized spacial score (nSPS) is 20.1. The van der Waals surface area contributed by atoms with Crippen LogP contribution in [-0.4, -0.2) is 39.7 Å². The first-order valence-electron chi connectivity index (χ1n) is 9.78. The third kappa shape index (κ3) is 3.63. The summed E-state index contributed by atoms with van der Waals surface area (Å²) in [7, 11) is 0. The summed E-state index contributed by atoms with van der Waals surface area (Å²) in [6, 6.07) is 8.38. The van der Waals surface area contributed by atoms with Crippen molar-refractivity contribution in [3.05, 3.63) is 46.8 Å². The smallest absolute Gasteiger partial charge is 0.274 e. The standard InChI is InChI=1S/C21H28N4O.ClH/c1-14-7-3-4-10-18(14)25-19-11-5-9-17(19)20(23-25)21(26)24-12-6-8-16(13-24)15(2)22;/h3-4,7,10,15-16H,5-6,8-9,11-13,22H2,1-2H3;1H. The molecule has 5 nitrogen and oxygen atoms in total. The van der Waals surface area contributed by atoms with Gasteiger partial charge in [-0.1, -0.05) is 18.2 Å². The predicted molar refractivity (Wildman–Crippen MR) is 110 cm³/mol. The number of nitrogens with two attached hydrogens (primary N) is 1. The molecular weight excluding hydrogens is 360 g/mol. The van der Waals surface area contributed by atoms with Crippen LogP contribution in [0.2, 0.25) is 0 Å². The van der Waals surface area contributed by atoms with E-state index in [0.717, 1.165) is 56.4 Å². The van der Waals surface area contributed by atoms with Gasteiger partial charge < -0.3 is 10.6 Å². The molecule has 1 aliphatic heterocycles. The Morgan fingerprint density at radius 3 is 2.78 bits per heavy atom. The molecule has 6 heteroatoms. The summed E-state index contributed by atoms with van der Waals surface area (Å²) in [5, 5.41) is 4.80. The van der Waals surface area contributed by atoms with Crippen LogP contribution in [0.25, 0.3) is 5.69 Å². The number of aryl methyl sites for hydroxylation is 1. The van der Waals surface area contributed by atoms with E-state index in [1.807, 2.05) is 28.6 Å². The Morgan fingerprint density at radius 2 is 2.04 bits per heavy atom. The monoisotopic (exact) mass is 388 g/mol. The first-order chi connectivity index (χ1) is 12.6. The molecule has 1 amide bonds. The van der Waals surface area contributed by atoms with E-state index in [-0.39, 0.29) is 24.4 Å². The molecule has 1 saturated heterocycles. The van der Waals surface area contributed by atoms with Crippen LogP contribution in [0.3, 0.4) is 0 Å². The van der Waals surface area contributed by atoms with Crippen LogP contribution in [0.4, 0.5) is 0 Å². The third-order valence-corrected chi connectivity index (χ3v) is 5.97. The van der Waals surface area contributed by atoms with Gasteiger partial charge in [-0.2, -0.15) is 5.10 Å². The van der Waals surface area contributed by atoms with Gasteiger partial charge in [-0.3, -0.25) is 4.79 Å². The van der Waals surface area contributed by atoms with Crippen LogP contribution in [-0.2, 0) is 12.8 Å². The SMILES string of the molecule is Cc1ccccc1-n1nc(C(=O)N2CCCC(C(C)N)C2)c2c1CCC2.Cl. The molecule has 2 aromatic rings. The third-order valence-electron chi connectivity index (χ3n) is 5.97. The van der Waals surface area contributed by atoms with Crippen molar-refractivity contribution in [1.29, 1.82) is 0 Å². The summed E-state index contributed by atoms with van der Waals surface area (Å²) in [5.41, 5.74) is 11.4. The van der Waals surface area contributed by atoms with Crippen molar-refractivity contribution in [1.82, 2.24) is 14.7 Å². The van der Waals surface area contributed by atoms with Gasteiger partial charge in [0.2, 0.25) is 0 Å². The van der Waals surface area contributed by atoms with Crippen molar-refractivity contribution >= 4 is 18.3 Å². The number of aromatic nitrogens is 2. The summed E-state index contributed by atoms with van der Waals surface area (Å²) in [5.74, 6) is 0.472. The van der Waals surface area contributed by atoms with E-state index < -0.39 is 0 Å². The summed E-state index contributed by atoms with van der Waals surface area (Å²) in [4.78, 5) is 15.2. The van der Waals surface area contributed by atoms with Crippen LogP contribution in [0.5, 0.6) is 0 Å². The first kappa shape index (κ1) is 19.9. The molecule has 146 valence electrons. The molecule has 2 unspecified atom stereocenters. The maximum Gasteiger partial charge on any atom is 0.274 e. The fraction of sp³-hybridized carbons (Fsp3) is 0.524. The maximum absolute atomic E-state index is 13.3. The molecule has 1 fully saturated rings. The second-order valence-corrected chi connectivity index (χ2v) is 7.84. The molecule has 1 aromatic heterocycles. The maximum atomic E-state index is 13.3. The second-order valence-electron chi connectivity index (χ2n) is 7.84. The van der Waals surface area contributed by atoms with E-state index in [1.165, 1.54) is 11.3 Å². The number of piperidine rings is 1. The lowest BCUT2D eigenvalue weighted by Crippen LogP contribution is -2.45. The summed E-state index contributed by atoms with van der Waals surface area (Å²) >= 11 is 0. The van der Waals surface area contributed by atoms with Gasteiger partial charge >= 0.3 is 0 Å². The Balaban J connectivity index is 0.00000210. The lowest BCUT2D eigenvalue weighted by atomic mass is 9.92. The highest BCUT2D eigenvalue weighted by Crippen LogP contribution is 2.30. The van der Waals surface area contributed by atoms with Crippen molar-refractivity contribution in [2.75, 3.05) is 13.1 Å². The number of amides is 1. The minimum Gasteiger partial charge on any atom is -0.337 e. The van der Waals surface area contributed by atoms with Crippen molar-refractivity contribution in [3.8, 4) is 5.69 Å². The quantitative estimate of drug-likeness (QED) is 0.877. The molecule has 27 heavy (non-hydrogen) atoms.